The van der Waals surface area contributed by atoms with E-state index in [4.69, 9.17) is 9.84 Å². The number of nitrogens with zero attached hydrogens (tertiary/aromatic N) is 1. The molecule has 0 aliphatic carbocycles. The topological polar surface area (TPSA) is 83.9 Å². The zero-order valence-corrected chi connectivity index (χ0v) is 9.87. The lowest BCUT2D eigenvalue weighted by Crippen LogP contribution is -2.38. The Hall–Kier alpha value is -0.920. The van der Waals surface area contributed by atoms with Crippen LogP contribution in [0.15, 0.2) is 11.6 Å². The Bertz CT molecular complexity index is 387. The van der Waals surface area contributed by atoms with Gasteiger partial charge < -0.3 is 9.84 Å². The van der Waals surface area contributed by atoms with Gasteiger partial charge in [0.2, 0.25) is 10.0 Å². The minimum atomic E-state index is -3.67. The van der Waals surface area contributed by atoms with Crippen molar-refractivity contribution in [2.45, 2.75) is 6.42 Å². The van der Waals surface area contributed by atoms with E-state index in [1.807, 2.05) is 0 Å². The van der Waals surface area contributed by atoms with Crippen LogP contribution in [0.4, 0.5) is 0 Å². The number of carbonyl (C=O) groups is 1. The van der Waals surface area contributed by atoms with E-state index < -0.39 is 21.7 Å². The molecule has 1 rings (SSSR count). The molecular formula is C9H15NO5S. The van der Waals surface area contributed by atoms with E-state index in [1.54, 1.807) is 13.2 Å². The zero-order chi connectivity index (χ0) is 12.2. The fourth-order valence-corrected chi connectivity index (χ4v) is 2.67. The third-order valence-corrected chi connectivity index (χ3v) is 4.03. The molecular weight excluding hydrogens is 234 g/mol. The van der Waals surface area contributed by atoms with E-state index in [0.717, 1.165) is 5.57 Å². The molecule has 7 heteroatoms. The number of hydrogen-bond acceptors (Lipinski definition) is 4. The van der Waals surface area contributed by atoms with Gasteiger partial charge in [0.1, 0.15) is 0 Å². The molecule has 1 aliphatic heterocycles. The van der Waals surface area contributed by atoms with Gasteiger partial charge >= 0.3 is 5.97 Å². The summed E-state index contributed by atoms with van der Waals surface area (Å²) in [6.45, 7) is 1.05. The van der Waals surface area contributed by atoms with Gasteiger partial charge in [0.05, 0.1) is 6.61 Å². The van der Waals surface area contributed by atoms with Crippen LogP contribution >= 0.6 is 0 Å². The molecule has 1 aliphatic rings. The molecule has 1 N–H and O–H groups in total. The number of carboxylic acid groups (broad SMARTS) is 1. The van der Waals surface area contributed by atoms with Crippen LogP contribution < -0.4 is 0 Å². The highest BCUT2D eigenvalue weighted by molar-refractivity contribution is 7.89. The van der Waals surface area contributed by atoms with Crippen molar-refractivity contribution < 1.29 is 23.1 Å². The summed E-state index contributed by atoms with van der Waals surface area (Å²) in [4.78, 5) is 10.4. The molecule has 0 amide bonds. The van der Waals surface area contributed by atoms with E-state index in [9.17, 15) is 13.2 Å². The second-order valence-electron chi connectivity index (χ2n) is 3.55. The Morgan fingerprint density at radius 1 is 1.62 bits per heavy atom. The van der Waals surface area contributed by atoms with Crippen LogP contribution in [0.3, 0.4) is 0 Å². The Balaban J connectivity index is 2.63. The molecule has 6 nitrogen and oxygen atoms in total. The fourth-order valence-electron chi connectivity index (χ4n) is 1.51. The van der Waals surface area contributed by atoms with Crippen molar-refractivity contribution in [2.24, 2.45) is 0 Å². The maximum atomic E-state index is 11.5. The first-order chi connectivity index (χ1) is 7.45. The number of aliphatic carboxylic acids is 1. The monoisotopic (exact) mass is 249 g/mol. The number of methoxy groups -OCH3 is 1. The van der Waals surface area contributed by atoms with E-state index in [-0.39, 0.29) is 6.54 Å². The Morgan fingerprint density at radius 3 is 2.75 bits per heavy atom. The molecule has 0 bridgehead atoms. The summed E-state index contributed by atoms with van der Waals surface area (Å²) in [5.41, 5.74) is 1.05. The van der Waals surface area contributed by atoms with Crippen molar-refractivity contribution in [1.82, 2.24) is 4.31 Å². The molecule has 0 radical (unpaired) electrons. The van der Waals surface area contributed by atoms with E-state index in [1.165, 1.54) is 4.31 Å². The number of hydrogen-bond donors (Lipinski definition) is 1. The van der Waals surface area contributed by atoms with Crippen LogP contribution in [0.1, 0.15) is 6.42 Å². The van der Waals surface area contributed by atoms with Crippen molar-refractivity contribution >= 4 is 16.0 Å². The second kappa shape index (κ2) is 5.42. The van der Waals surface area contributed by atoms with Crippen LogP contribution in [-0.4, -0.2) is 56.4 Å². The Labute approximate surface area is 94.6 Å². The summed E-state index contributed by atoms with van der Waals surface area (Å²) in [7, 11) is -2.09. The zero-order valence-electron chi connectivity index (χ0n) is 9.05. The van der Waals surface area contributed by atoms with Gasteiger partial charge in [0.25, 0.3) is 0 Å². The first kappa shape index (κ1) is 13.1. The lowest BCUT2D eigenvalue weighted by molar-refractivity contribution is -0.134. The highest BCUT2D eigenvalue weighted by atomic mass is 32.2. The molecule has 92 valence electrons. The summed E-state index contributed by atoms with van der Waals surface area (Å²) in [6.07, 6.45) is 2.36. The first-order valence-electron chi connectivity index (χ1n) is 4.82. The third-order valence-electron chi connectivity index (χ3n) is 2.29. The summed E-state index contributed by atoms with van der Waals surface area (Å²) in [5, 5.41) is 8.47. The summed E-state index contributed by atoms with van der Waals surface area (Å²) >= 11 is 0. The number of carboxylic acids is 1. The predicted octanol–water partition coefficient (Wildman–Crippen LogP) is -0.321. The molecule has 0 saturated heterocycles. The first-order valence-corrected chi connectivity index (χ1v) is 6.43. The summed E-state index contributed by atoms with van der Waals surface area (Å²) in [6, 6.07) is 0. The standard InChI is InChI=1S/C9H15NO5S/c1-15-6-8-2-4-10(5-3-8)16(13,14)7-9(11)12/h2H,3-7H2,1H3,(H,11,12). The van der Waals surface area contributed by atoms with E-state index >= 15 is 0 Å². The molecule has 0 atom stereocenters. The quantitative estimate of drug-likeness (QED) is 0.675. The maximum Gasteiger partial charge on any atom is 0.320 e. The highest BCUT2D eigenvalue weighted by Crippen LogP contribution is 2.14. The number of sulfonamides is 1. The molecule has 0 fully saturated rings. The van der Waals surface area contributed by atoms with Gasteiger partial charge in [-0.15, -0.1) is 0 Å². The molecule has 0 aromatic heterocycles. The van der Waals surface area contributed by atoms with E-state index in [0.29, 0.717) is 19.6 Å². The van der Waals surface area contributed by atoms with Gasteiger partial charge in [0, 0.05) is 20.2 Å². The third kappa shape index (κ3) is 3.58. The highest BCUT2D eigenvalue weighted by Gasteiger charge is 2.26. The lowest BCUT2D eigenvalue weighted by Gasteiger charge is -2.24. The second-order valence-corrected chi connectivity index (χ2v) is 5.52. The molecule has 16 heavy (non-hydrogen) atoms. The minimum absolute atomic E-state index is 0.230. The van der Waals surface area contributed by atoms with Crippen LogP contribution in [0.5, 0.6) is 0 Å². The predicted molar refractivity (Wildman–Crippen MR) is 57.6 cm³/mol. The van der Waals surface area contributed by atoms with Crippen LogP contribution in [0.2, 0.25) is 0 Å². The molecule has 0 aromatic rings. The average Bonchev–Trinajstić information content (AvgIpc) is 2.17. The van der Waals surface area contributed by atoms with Crippen LogP contribution in [0, 0.1) is 0 Å². The molecule has 0 unspecified atom stereocenters. The fraction of sp³-hybridized carbons (Fsp3) is 0.667. The van der Waals surface area contributed by atoms with Gasteiger partial charge in [-0.05, 0) is 12.0 Å². The largest absolute Gasteiger partial charge is 0.480 e. The molecule has 0 spiro atoms. The normalized spacial score (nSPS) is 18.2. The Morgan fingerprint density at radius 2 is 2.31 bits per heavy atom. The maximum absolute atomic E-state index is 11.5. The van der Waals surface area contributed by atoms with Crippen LogP contribution in [-0.2, 0) is 19.6 Å². The van der Waals surface area contributed by atoms with Gasteiger partial charge in [-0.25, -0.2) is 8.42 Å². The van der Waals surface area contributed by atoms with Gasteiger partial charge in [-0.2, -0.15) is 4.31 Å². The SMILES string of the molecule is COCC1=CCN(S(=O)(=O)CC(=O)O)CC1. The molecule has 0 aromatic carbocycles. The van der Waals surface area contributed by atoms with Crippen LogP contribution in [0.25, 0.3) is 0 Å². The summed E-state index contributed by atoms with van der Waals surface area (Å²) < 4.78 is 29.2. The van der Waals surface area contributed by atoms with Crippen molar-refractivity contribution in [3.05, 3.63) is 11.6 Å². The number of ether oxygens (including phenoxy) is 1. The lowest BCUT2D eigenvalue weighted by atomic mass is 10.1. The van der Waals surface area contributed by atoms with E-state index in [2.05, 4.69) is 0 Å². The minimum Gasteiger partial charge on any atom is -0.480 e. The molecule has 1 heterocycles. The van der Waals surface area contributed by atoms with Crippen molar-refractivity contribution in [3.63, 3.8) is 0 Å². The van der Waals surface area contributed by atoms with Crippen molar-refractivity contribution in [1.29, 1.82) is 0 Å². The van der Waals surface area contributed by atoms with Gasteiger partial charge in [-0.1, -0.05) is 6.08 Å². The van der Waals surface area contributed by atoms with Gasteiger partial charge in [0.15, 0.2) is 5.75 Å². The van der Waals surface area contributed by atoms with Gasteiger partial charge in [-0.3, -0.25) is 4.79 Å². The summed E-state index contributed by atoms with van der Waals surface area (Å²) in [5.74, 6) is -2.17. The smallest absolute Gasteiger partial charge is 0.320 e. The average molecular weight is 249 g/mol. The number of rotatable bonds is 5. The Kier molecular flexibility index (Phi) is 4.45. The van der Waals surface area contributed by atoms with Crippen molar-refractivity contribution in [3.8, 4) is 0 Å². The molecule has 0 saturated carbocycles. The van der Waals surface area contributed by atoms with Crippen molar-refractivity contribution in [2.75, 3.05) is 32.6 Å².